The van der Waals surface area contributed by atoms with E-state index in [0.717, 1.165) is 23.0 Å². The highest BCUT2D eigenvalue weighted by molar-refractivity contribution is 5.82. The number of aliphatic carboxylic acids is 1. The molecule has 0 radical (unpaired) electrons. The summed E-state index contributed by atoms with van der Waals surface area (Å²) >= 11 is 0. The Kier molecular flexibility index (Phi) is 3.13. The molecule has 0 saturated heterocycles. The lowest BCUT2D eigenvalue weighted by molar-refractivity contribution is -0.137. The summed E-state index contributed by atoms with van der Waals surface area (Å²) in [6.07, 6.45) is 1.70. The van der Waals surface area contributed by atoms with Crippen molar-refractivity contribution in [2.75, 3.05) is 0 Å². The lowest BCUT2D eigenvalue weighted by atomic mass is 10.1. The summed E-state index contributed by atoms with van der Waals surface area (Å²) in [5.74, 6) is -0.734. The summed E-state index contributed by atoms with van der Waals surface area (Å²) in [6, 6.07) is 6.21. The van der Waals surface area contributed by atoms with E-state index in [0.29, 0.717) is 6.42 Å². The summed E-state index contributed by atoms with van der Waals surface area (Å²) in [5, 5.41) is 14.1. The molecule has 0 amide bonds. The maximum Gasteiger partial charge on any atom is 0.303 e. The second-order valence-corrected chi connectivity index (χ2v) is 4.31. The molecule has 0 aliphatic rings. The molecule has 1 N–H and O–H groups in total. The molecule has 0 bridgehead atoms. The first-order valence-corrected chi connectivity index (χ1v) is 5.72. The highest BCUT2D eigenvalue weighted by Gasteiger charge is 2.05. The van der Waals surface area contributed by atoms with Crippen LogP contribution in [0.1, 0.15) is 24.1 Å². The smallest absolute Gasteiger partial charge is 0.303 e. The van der Waals surface area contributed by atoms with Crippen LogP contribution in [0.2, 0.25) is 0 Å². The molecule has 90 valence electrons. The van der Waals surface area contributed by atoms with Crippen molar-refractivity contribution in [2.45, 2.75) is 26.2 Å². The van der Waals surface area contributed by atoms with Gasteiger partial charge < -0.3 is 5.11 Å². The molecular formula is C13H16N2O2. The standard InChI is InChI=1S/C13H16N2O2/c1-9-11-7-6-10(4-3-5-13(16)17)8-12(11)15(2)14-9/h6-8H,3-5H2,1-2H3,(H,16,17). The molecule has 0 spiro atoms. The Bertz CT molecular complexity index is 558. The van der Waals surface area contributed by atoms with Gasteiger partial charge in [-0.15, -0.1) is 0 Å². The number of fused-ring (bicyclic) bond motifs is 1. The Balaban J connectivity index is 2.19. The van der Waals surface area contributed by atoms with E-state index in [2.05, 4.69) is 23.3 Å². The second kappa shape index (κ2) is 4.57. The van der Waals surface area contributed by atoms with Crippen LogP contribution in [-0.2, 0) is 18.3 Å². The monoisotopic (exact) mass is 232 g/mol. The Morgan fingerprint density at radius 1 is 1.47 bits per heavy atom. The normalized spacial score (nSPS) is 10.9. The molecular weight excluding hydrogens is 216 g/mol. The van der Waals surface area contributed by atoms with Crippen molar-refractivity contribution in [2.24, 2.45) is 7.05 Å². The van der Waals surface area contributed by atoms with Crippen LogP contribution in [0.25, 0.3) is 10.9 Å². The quantitative estimate of drug-likeness (QED) is 0.879. The van der Waals surface area contributed by atoms with Crippen molar-refractivity contribution in [1.82, 2.24) is 9.78 Å². The van der Waals surface area contributed by atoms with E-state index in [-0.39, 0.29) is 6.42 Å². The fourth-order valence-electron chi connectivity index (χ4n) is 2.08. The van der Waals surface area contributed by atoms with Crippen LogP contribution in [0.3, 0.4) is 0 Å². The van der Waals surface area contributed by atoms with Crippen molar-refractivity contribution in [3.8, 4) is 0 Å². The van der Waals surface area contributed by atoms with Crippen molar-refractivity contribution in [3.05, 3.63) is 29.5 Å². The third-order valence-electron chi connectivity index (χ3n) is 2.96. The average molecular weight is 232 g/mol. The maximum absolute atomic E-state index is 10.4. The fourth-order valence-corrected chi connectivity index (χ4v) is 2.08. The average Bonchev–Trinajstić information content (AvgIpc) is 2.54. The van der Waals surface area contributed by atoms with Gasteiger partial charge in [0.2, 0.25) is 0 Å². The van der Waals surface area contributed by atoms with E-state index in [4.69, 9.17) is 5.11 Å². The predicted octanol–water partition coefficient (Wildman–Crippen LogP) is 2.29. The molecule has 0 aliphatic carbocycles. The zero-order chi connectivity index (χ0) is 12.4. The Hall–Kier alpha value is -1.84. The summed E-state index contributed by atoms with van der Waals surface area (Å²) in [5.41, 5.74) is 3.30. The van der Waals surface area contributed by atoms with Crippen molar-refractivity contribution < 1.29 is 9.90 Å². The van der Waals surface area contributed by atoms with Crippen LogP contribution < -0.4 is 0 Å². The van der Waals surface area contributed by atoms with E-state index in [1.807, 2.05) is 18.7 Å². The lowest BCUT2D eigenvalue weighted by Gasteiger charge is -2.01. The number of carboxylic acid groups (broad SMARTS) is 1. The highest BCUT2D eigenvalue weighted by atomic mass is 16.4. The molecule has 0 saturated carbocycles. The van der Waals surface area contributed by atoms with Crippen LogP contribution in [0.5, 0.6) is 0 Å². The minimum Gasteiger partial charge on any atom is -0.481 e. The molecule has 0 unspecified atom stereocenters. The van der Waals surface area contributed by atoms with E-state index >= 15 is 0 Å². The lowest BCUT2D eigenvalue weighted by Crippen LogP contribution is -1.96. The first-order chi connectivity index (χ1) is 8.08. The van der Waals surface area contributed by atoms with E-state index in [9.17, 15) is 4.79 Å². The minimum absolute atomic E-state index is 0.225. The number of carboxylic acids is 1. The number of hydrogen-bond donors (Lipinski definition) is 1. The van der Waals surface area contributed by atoms with Crippen LogP contribution >= 0.6 is 0 Å². The van der Waals surface area contributed by atoms with Gasteiger partial charge in [0.25, 0.3) is 0 Å². The van der Waals surface area contributed by atoms with Crippen LogP contribution in [0.15, 0.2) is 18.2 Å². The predicted molar refractivity (Wildman–Crippen MR) is 66.0 cm³/mol. The zero-order valence-corrected chi connectivity index (χ0v) is 10.1. The number of carbonyl (C=O) groups is 1. The molecule has 0 atom stereocenters. The molecule has 1 heterocycles. The van der Waals surface area contributed by atoms with Gasteiger partial charge in [0.15, 0.2) is 0 Å². The topological polar surface area (TPSA) is 55.1 Å². The van der Waals surface area contributed by atoms with Gasteiger partial charge in [-0.3, -0.25) is 9.48 Å². The molecule has 2 aromatic rings. The van der Waals surface area contributed by atoms with Crippen LogP contribution in [0, 0.1) is 6.92 Å². The molecule has 1 aromatic carbocycles. The SMILES string of the molecule is Cc1nn(C)c2cc(CCCC(=O)O)ccc12. The second-order valence-electron chi connectivity index (χ2n) is 4.31. The van der Waals surface area contributed by atoms with Gasteiger partial charge in [0.1, 0.15) is 0 Å². The maximum atomic E-state index is 10.4. The van der Waals surface area contributed by atoms with Gasteiger partial charge in [-0.25, -0.2) is 0 Å². The molecule has 0 aliphatic heterocycles. The van der Waals surface area contributed by atoms with Crippen LogP contribution in [0.4, 0.5) is 0 Å². The number of nitrogens with zero attached hydrogens (tertiary/aromatic N) is 2. The van der Waals surface area contributed by atoms with Crippen molar-refractivity contribution in [3.63, 3.8) is 0 Å². The third-order valence-corrected chi connectivity index (χ3v) is 2.96. The van der Waals surface area contributed by atoms with Gasteiger partial charge in [0.05, 0.1) is 11.2 Å². The Morgan fingerprint density at radius 2 is 2.24 bits per heavy atom. The first-order valence-electron chi connectivity index (χ1n) is 5.72. The summed E-state index contributed by atoms with van der Waals surface area (Å²) in [4.78, 5) is 10.4. The van der Waals surface area contributed by atoms with Gasteiger partial charge in [-0.2, -0.15) is 5.10 Å². The van der Waals surface area contributed by atoms with Gasteiger partial charge >= 0.3 is 5.97 Å². The van der Waals surface area contributed by atoms with Crippen molar-refractivity contribution >= 4 is 16.9 Å². The summed E-state index contributed by atoms with van der Waals surface area (Å²) in [6.45, 7) is 1.99. The van der Waals surface area contributed by atoms with Crippen LogP contribution in [-0.4, -0.2) is 20.9 Å². The molecule has 2 rings (SSSR count). The van der Waals surface area contributed by atoms with Gasteiger partial charge in [-0.05, 0) is 31.4 Å². The number of rotatable bonds is 4. The molecule has 0 fully saturated rings. The number of benzene rings is 1. The molecule has 4 heteroatoms. The van der Waals surface area contributed by atoms with E-state index in [1.165, 1.54) is 5.56 Å². The number of aryl methyl sites for hydroxylation is 3. The molecule has 17 heavy (non-hydrogen) atoms. The molecule has 4 nitrogen and oxygen atoms in total. The summed E-state index contributed by atoms with van der Waals surface area (Å²) in [7, 11) is 1.93. The van der Waals surface area contributed by atoms with Gasteiger partial charge in [-0.1, -0.05) is 12.1 Å². The summed E-state index contributed by atoms with van der Waals surface area (Å²) < 4.78 is 1.87. The Labute approximate surface area is 99.9 Å². The largest absolute Gasteiger partial charge is 0.481 e. The third kappa shape index (κ3) is 2.46. The van der Waals surface area contributed by atoms with Gasteiger partial charge in [0, 0.05) is 18.9 Å². The number of aromatic nitrogens is 2. The zero-order valence-electron chi connectivity index (χ0n) is 10.1. The van der Waals surface area contributed by atoms with E-state index in [1.54, 1.807) is 0 Å². The van der Waals surface area contributed by atoms with E-state index < -0.39 is 5.97 Å². The molecule has 1 aromatic heterocycles. The van der Waals surface area contributed by atoms with Crippen molar-refractivity contribution in [1.29, 1.82) is 0 Å². The Morgan fingerprint density at radius 3 is 2.94 bits per heavy atom. The number of hydrogen-bond acceptors (Lipinski definition) is 2. The first kappa shape index (κ1) is 11.6. The minimum atomic E-state index is -0.734. The fraction of sp³-hybridized carbons (Fsp3) is 0.385. The highest BCUT2D eigenvalue weighted by Crippen LogP contribution is 2.19.